The van der Waals surface area contributed by atoms with Gasteiger partial charge in [-0.05, 0) is 55.0 Å². The highest BCUT2D eigenvalue weighted by atomic mass is 16.6. The highest BCUT2D eigenvalue weighted by molar-refractivity contribution is 5.68. The van der Waals surface area contributed by atoms with Gasteiger partial charge in [0, 0.05) is 12.6 Å². The molecule has 0 saturated carbocycles. The number of hydrogen-bond donors (Lipinski definition) is 1. The molecule has 0 aromatic heterocycles. The molecule has 0 bridgehead atoms. The fourth-order valence-electron chi connectivity index (χ4n) is 4.52. The Morgan fingerprint density at radius 2 is 1.34 bits per heavy atom. The molecule has 0 aliphatic carbocycles. The summed E-state index contributed by atoms with van der Waals surface area (Å²) in [6.07, 6.45) is 2.72. The van der Waals surface area contributed by atoms with E-state index in [1.54, 1.807) is 0 Å². The first kappa shape index (κ1) is 22.1. The molecule has 4 heteroatoms. The summed E-state index contributed by atoms with van der Waals surface area (Å²) >= 11 is 0. The normalized spacial score (nSPS) is 15.1. The predicted octanol–water partition coefficient (Wildman–Crippen LogP) is 5.44. The van der Waals surface area contributed by atoms with Crippen LogP contribution in [0.1, 0.15) is 29.5 Å². The highest BCUT2D eigenvalue weighted by Gasteiger charge is 2.33. The molecule has 1 amide bonds. The lowest BCUT2D eigenvalue weighted by Crippen LogP contribution is -2.48. The molecular weight excluding hydrogens is 396 g/mol. The topological polar surface area (TPSA) is 41.6 Å². The summed E-state index contributed by atoms with van der Waals surface area (Å²) in [5.74, 6) is 0.435. The van der Waals surface area contributed by atoms with E-state index in [0.717, 1.165) is 43.5 Å². The summed E-state index contributed by atoms with van der Waals surface area (Å²) in [7, 11) is 0. The molecule has 1 saturated heterocycles. The molecule has 1 aliphatic heterocycles. The van der Waals surface area contributed by atoms with Crippen molar-refractivity contribution in [2.75, 3.05) is 13.1 Å². The van der Waals surface area contributed by atoms with Crippen LogP contribution in [0.2, 0.25) is 0 Å². The second kappa shape index (κ2) is 11.5. The average Bonchev–Trinajstić information content (AvgIpc) is 2.87. The minimum atomic E-state index is -0.239. The average molecular weight is 429 g/mol. The van der Waals surface area contributed by atoms with Gasteiger partial charge in [0.1, 0.15) is 6.61 Å². The van der Waals surface area contributed by atoms with Crippen molar-refractivity contribution in [3.63, 3.8) is 0 Å². The van der Waals surface area contributed by atoms with Crippen molar-refractivity contribution in [2.45, 2.75) is 38.5 Å². The third-order valence-corrected chi connectivity index (χ3v) is 6.25. The number of rotatable bonds is 8. The largest absolute Gasteiger partial charge is 0.445 e. The van der Waals surface area contributed by atoms with Gasteiger partial charge in [-0.2, -0.15) is 0 Å². The number of nitrogens with one attached hydrogen (secondary N) is 1. The van der Waals surface area contributed by atoms with Crippen LogP contribution in [0.25, 0.3) is 0 Å². The Morgan fingerprint density at radius 3 is 1.94 bits per heavy atom. The maximum absolute atomic E-state index is 13.5. The van der Waals surface area contributed by atoms with Crippen molar-refractivity contribution in [1.82, 2.24) is 10.2 Å². The molecule has 1 fully saturated rings. The van der Waals surface area contributed by atoms with E-state index in [1.165, 1.54) is 5.56 Å². The van der Waals surface area contributed by atoms with E-state index in [9.17, 15) is 4.79 Å². The van der Waals surface area contributed by atoms with E-state index in [4.69, 9.17) is 4.74 Å². The first-order chi connectivity index (χ1) is 15.8. The van der Waals surface area contributed by atoms with Crippen molar-refractivity contribution < 1.29 is 9.53 Å². The lowest BCUT2D eigenvalue weighted by molar-refractivity contribution is 0.0574. The van der Waals surface area contributed by atoms with Crippen molar-refractivity contribution in [2.24, 2.45) is 5.92 Å². The minimum absolute atomic E-state index is 0.0861. The Hall–Kier alpha value is -3.11. The van der Waals surface area contributed by atoms with Crippen LogP contribution in [0.3, 0.4) is 0 Å². The van der Waals surface area contributed by atoms with Gasteiger partial charge < -0.3 is 15.0 Å². The number of benzene rings is 3. The number of carbonyl (C=O) groups is 1. The first-order valence-electron chi connectivity index (χ1n) is 11.6. The van der Waals surface area contributed by atoms with Crippen LogP contribution in [-0.4, -0.2) is 30.1 Å². The van der Waals surface area contributed by atoms with Crippen LogP contribution >= 0.6 is 0 Å². The number of hydrogen-bond acceptors (Lipinski definition) is 3. The zero-order chi connectivity index (χ0) is 22.0. The van der Waals surface area contributed by atoms with Gasteiger partial charge in [0.15, 0.2) is 0 Å². The lowest BCUT2D eigenvalue weighted by atomic mass is 9.85. The van der Waals surface area contributed by atoms with E-state index < -0.39 is 0 Å². The molecule has 1 heterocycles. The molecule has 32 heavy (non-hydrogen) atoms. The first-order valence-corrected chi connectivity index (χ1v) is 11.6. The van der Waals surface area contributed by atoms with Crippen molar-refractivity contribution >= 4 is 6.09 Å². The number of carbonyl (C=O) groups excluding carboxylic acids is 1. The van der Waals surface area contributed by atoms with Crippen LogP contribution in [0.4, 0.5) is 4.79 Å². The van der Waals surface area contributed by atoms with Crippen LogP contribution in [0, 0.1) is 5.92 Å². The minimum Gasteiger partial charge on any atom is -0.445 e. The van der Waals surface area contributed by atoms with Crippen LogP contribution < -0.4 is 5.32 Å². The molecule has 3 aromatic rings. The monoisotopic (exact) mass is 428 g/mol. The standard InChI is InChI=1S/C28H32N2O2/c31-28(32-22-25-14-8-3-9-15-25)30(21-24-12-6-2-7-13-24)27(26-16-18-29-19-17-26)20-23-10-4-1-5-11-23/h1-15,26-27,29H,16-22H2. The van der Waals surface area contributed by atoms with Gasteiger partial charge in [0.05, 0.1) is 0 Å². The SMILES string of the molecule is O=C(OCc1ccccc1)N(Cc1ccccc1)C(Cc1ccccc1)C1CCNCC1. The summed E-state index contributed by atoms with van der Waals surface area (Å²) in [6, 6.07) is 30.7. The molecule has 166 valence electrons. The lowest BCUT2D eigenvalue weighted by Gasteiger charge is -2.38. The molecule has 4 nitrogen and oxygen atoms in total. The molecule has 1 atom stereocenters. The molecule has 1 aliphatic rings. The van der Waals surface area contributed by atoms with Gasteiger partial charge in [-0.3, -0.25) is 0 Å². The maximum Gasteiger partial charge on any atom is 0.410 e. The van der Waals surface area contributed by atoms with Crippen molar-refractivity contribution in [1.29, 1.82) is 0 Å². The number of amides is 1. The molecule has 3 aromatic carbocycles. The Morgan fingerprint density at radius 1 is 0.812 bits per heavy atom. The molecule has 0 radical (unpaired) electrons. The molecule has 1 unspecified atom stereocenters. The number of ether oxygens (including phenoxy) is 1. The Labute approximate surface area is 191 Å². The van der Waals surface area contributed by atoms with E-state index in [1.807, 2.05) is 59.5 Å². The zero-order valence-corrected chi connectivity index (χ0v) is 18.5. The summed E-state index contributed by atoms with van der Waals surface area (Å²) < 4.78 is 5.84. The van der Waals surface area contributed by atoms with E-state index in [2.05, 4.69) is 41.7 Å². The Bertz CT molecular complexity index is 941. The molecule has 4 rings (SSSR count). The molecule has 1 N–H and O–H groups in total. The van der Waals surface area contributed by atoms with Crippen LogP contribution in [0.5, 0.6) is 0 Å². The van der Waals surface area contributed by atoms with Crippen molar-refractivity contribution in [3.8, 4) is 0 Å². The van der Waals surface area contributed by atoms with Crippen LogP contribution in [-0.2, 0) is 24.3 Å². The van der Waals surface area contributed by atoms with Gasteiger partial charge in [-0.1, -0.05) is 91.0 Å². The maximum atomic E-state index is 13.5. The molecule has 0 spiro atoms. The van der Waals surface area contributed by atoms with Gasteiger partial charge in [-0.15, -0.1) is 0 Å². The van der Waals surface area contributed by atoms with Gasteiger partial charge in [-0.25, -0.2) is 4.79 Å². The van der Waals surface area contributed by atoms with E-state index in [-0.39, 0.29) is 18.7 Å². The van der Waals surface area contributed by atoms with E-state index in [0.29, 0.717) is 12.5 Å². The Balaban J connectivity index is 1.59. The highest BCUT2D eigenvalue weighted by Crippen LogP contribution is 2.27. The summed E-state index contributed by atoms with van der Waals surface area (Å²) in [5, 5.41) is 3.46. The quantitative estimate of drug-likeness (QED) is 0.520. The molecular formula is C28H32N2O2. The van der Waals surface area contributed by atoms with Gasteiger partial charge >= 0.3 is 6.09 Å². The predicted molar refractivity (Wildman–Crippen MR) is 128 cm³/mol. The second-order valence-corrected chi connectivity index (χ2v) is 8.50. The van der Waals surface area contributed by atoms with Crippen LogP contribution in [0.15, 0.2) is 91.0 Å². The van der Waals surface area contributed by atoms with Crippen molar-refractivity contribution in [3.05, 3.63) is 108 Å². The third-order valence-electron chi connectivity index (χ3n) is 6.25. The zero-order valence-electron chi connectivity index (χ0n) is 18.5. The second-order valence-electron chi connectivity index (χ2n) is 8.50. The van der Waals surface area contributed by atoms with Gasteiger partial charge in [0.2, 0.25) is 0 Å². The van der Waals surface area contributed by atoms with Gasteiger partial charge in [0.25, 0.3) is 0 Å². The third kappa shape index (κ3) is 6.21. The number of piperidine rings is 1. The summed E-state index contributed by atoms with van der Waals surface area (Å²) in [4.78, 5) is 15.5. The fourth-order valence-corrected chi connectivity index (χ4v) is 4.52. The fraction of sp³-hybridized carbons (Fsp3) is 0.321. The number of nitrogens with zero attached hydrogens (tertiary/aromatic N) is 1. The Kier molecular flexibility index (Phi) is 7.94. The van der Waals surface area contributed by atoms with E-state index >= 15 is 0 Å². The smallest absolute Gasteiger partial charge is 0.410 e. The summed E-state index contributed by atoms with van der Waals surface area (Å²) in [5.41, 5.74) is 3.38. The summed E-state index contributed by atoms with van der Waals surface area (Å²) in [6.45, 7) is 2.83.